The Morgan fingerprint density at radius 1 is 1.14 bits per heavy atom. The van der Waals surface area contributed by atoms with Gasteiger partial charge in [-0.25, -0.2) is 14.5 Å². The van der Waals surface area contributed by atoms with Gasteiger partial charge in [0.05, 0.1) is 17.3 Å². The Balaban J connectivity index is 1.43. The van der Waals surface area contributed by atoms with Crippen LogP contribution in [0, 0.1) is 0 Å². The van der Waals surface area contributed by atoms with E-state index in [0.717, 1.165) is 73.0 Å². The molecule has 1 saturated heterocycles. The summed E-state index contributed by atoms with van der Waals surface area (Å²) in [6.45, 7) is 6.49. The van der Waals surface area contributed by atoms with Crippen molar-refractivity contribution in [2.24, 2.45) is 5.73 Å². The first kappa shape index (κ1) is 24.1. The first-order chi connectivity index (χ1) is 17.5. The van der Waals surface area contributed by atoms with Gasteiger partial charge in [0.15, 0.2) is 5.65 Å². The molecular formula is C27H35N7O2. The Labute approximate surface area is 211 Å². The molecule has 0 spiro atoms. The number of piperidine rings is 1. The topological polar surface area (TPSA) is 118 Å². The zero-order chi connectivity index (χ0) is 25.2. The number of pyridine rings is 1. The number of likely N-dealkylation sites (tertiary alicyclic amines) is 1. The Hall–Kier alpha value is -3.62. The molecule has 0 saturated carbocycles. The van der Waals surface area contributed by atoms with Crippen LogP contribution in [0.15, 0.2) is 24.4 Å². The molecule has 1 aliphatic heterocycles. The van der Waals surface area contributed by atoms with Gasteiger partial charge in [0, 0.05) is 49.0 Å². The van der Waals surface area contributed by atoms with Gasteiger partial charge in [-0.1, -0.05) is 13.0 Å². The minimum absolute atomic E-state index is 0.0724. The summed E-state index contributed by atoms with van der Waals surface area (Å²) < 4.78 is 1.91. The third-order valence-corrected chi connectivity index (χ3v) is 7.55. The maximum atomic E-state index is 13.1. The van der Waals surface area contributed by atoms with E-state index in [0.29, 0.717) is 25.2 Å². The number of primary amides is 1. The fourth-order valence-corrected chi connectivity index (χ4v) is 5.49. The summed E-state index contributed by atoms with van der Waals surface area (Å²) in [5, 5.41) is 12.4. The predicted octanol–water partition coefficient (Wildman–Crippen LogP) is 3.39. The maximum absolute atomic E-state index is 13.1. The van der Waals surface area contributed by atoms with E-state index < -0.39 is 0 Å². The van der Waals surface area contributed by atoms with Gasteiger partial charge >= 0.3 is 6.03 Å². The molecule has 4 N–H and O–H groups in total. The highest BCUT2D eigenvalue weighted by molar-refractivity contribution is 5.95. The van der Waals surface area contributed by atoms with E-state index in [1.807, 2.05) is 23.0 Å². The number of nitrogens with two attached hydrogens (primary N) is 1. The van der Waals surface area contributed by atoms with E-state index in [9.17, 15) is 9.59 Å². The summed E-state index contributed by atoms with van der Waals surface area (Å²) in [4.78, 5) is 31.3. The third-order valence-electron chi connectivity index (χ3n) is 7.55. The molecule has 3 amide bonds. The molecule has 1 aliphatic carbocycles. The molecule has 9 heteroatoms. The number of fused-ring (bicyclic) bond motifs is 2. The van der Waals surface area contributed by atoms with Crippen LogP contribution in [0.3, 0.4) is 0 Å². The summed E-state index contributed by atoms with van der Waals surface area (Å²) in [7, 11) is 0. The normalized spacial score (nSPS) is 15.8. The number of nitrogens with zero attached hydrogens (tertiary/aromatic N) is 4. The van der Waals surface area contributed by atoms with Crippen LogP contribution in [0.2, 0.25) is 0 Å². The van der Waals surface area contributed by atoms with Gasteiger partial charge in [-0.15, -0.1) is 0 Å². The molecule has 3 aromatic rings. The molecule has 9 nitrogen and oxygen atoms in total. The number of carbonyl (C=O) groups is 2. The number of rotatable bonds is 7. The SMILES string of the molecule is CCc1nc2c(cnn2CC)c(NC2CCN(C(N)=O)CC2)c1CNC(=O)c1ccc2c(c1)CCC2. The third kappa shape index (κ3) is 4.62. The largest absolute Gasteiger partial charge is 0.381 e. The van der Waals surface area contributed by atoms with Crippen molar-refractivity contribution in [2.45, 2.75) is 71.5 Å². The molecule has 2 aromatic heterocycles. The van der Waals surface area contributed by atoms with E-state index in [4.69, 9.17) is 10.7 Å². The molecule has 36 heavy (non-hydrogen) atoms. The number of anilines is 1. The fraction of sp³-hybridized carbons (Fsp3) is 0.481. The smallest absolute Gasteiger partial charge is 0.314 e. The second kappa shape index (κ2) is 10.2. The van der Waals surface area contributed by atoms with E-state index in [-0.39, 0.29) is 18.0 Å². The molecule has 190 valence electrons. The lowest BCUT2D eigenvalue weighted by atomic mass is 10.0. The number of amides is 3. The number of nitrogens with one attached hydrogen (secondary N) is 2. The Morgan fingerprint density at radius 2 is 1.92 bits per heavy atom. The summed E-state index contributed by atoms with van der Waals surface area (Å²) in [5.74, 6) is -0.0724. The molecule has 5 rings (SSSR count). The predicted molar refractivity (Wildman–Crippen MR) is 140 cm³/mol. The minimum atomic E-state index is -0.368. The average molecular weight is 490 g/mol. The molecule has 3 heterocycles. The lowest BCUT2D eigenvalue weighted by Gasteiger charge is -2.32. The van der Waals surface area contributed by atoms with Crippen molar-refractivity contribution in [3.8, 4) is 0 Å². The number of carbonyl (C=O) groups excluding carboxylic acids is 2. The zero-order valence-electron chi connectivity index (χ0n) is 21.1. The molecular weight excluding hydrogens is 454 g/mol. The van der Waals surface area contributed by atoms with Gasteiger partial charge in [-0.3, -0.25) is 4.79 Å². The highest BCUT2D eigenvalue weighted by Crippen LogP contribution is 2.31. The van der Waals surface area contributed by atoms with Crippen LogP contribution >= 0.6 is 0 Å². The van der Waals surface area contributed by atoms with Crippen LogP contribution < -0.4 is 16.4 Å². The van der Waals surface area contributed by atoms with Crippen LogP contribution in [0.4, 0.5) is 10.5 Å². The summed E-state index contributed by atoms with van der Waals surface area (Å²) in [6, 6.07) is 5.88. The van der Waals surface area contributed by atoms with Crippen LogP contribution in [0.5, 0.6) is 0 Å². The Bertz CT molecular complexity index is 1290. The number of urea groups is 1. The zero-order valence-corrected chi connectivity index (χ0v) is 21.1. The maximum Gasteiger partial charge on any atom is 0.314 e. The second-order valence-electron chi connectivity index (χ2n) is 9.73. The Morgan fingerprint density at radius 3 is 2.64 bits per heavy atom. The van der Waals surface area contributed by atoms with Gasteiger partial charge in [-0.2, -0.15) is 5.10 Å². The van der Waals surface area contributed by atoms with Crippen molar-refractivity contribution in [3.05, 3.63) is 52.3 Å². The molecule has 0 bridgehead atoms. The molecule has 0 unspecified atom stereocenters. The van der Waals surface area contributed by atoms with Crippen molar-refractivity contribution >= 4 is 28.7 Å². The van der Waals surface area contributed by atoms with Crippen molar-refractivity contribution in [1.82, 2.24) is 25.0 Å². The first-order valence-corrected chi connectivity index (χ1v) is 13.1. The van der Waals surface area contributed by atoms with Crippen molar-refractivity contribution in [1.29, 1.82) is 0 Å². The van der Waals surface area contributed by atoms with Gasteiger partial charge in [0.1, 0.15) is 0 Å². The van der Waals surface area contributed by atoms with Crippen molar-refractivity contribution < 1.29 is 9.59 Å². The molecule has 0 atom stereocenters. The monoisotopic (exact) mass is 489 g/mol. The second-order valence-corrected chi connectivity index (χ2v) is 9.73. The Kier molecular flexibility index (Phi) is 6.80. The standard InChI is InChI=1S/C27H35N7O2/c1-3-23-21(15-29-26(35)19-9-8-17-6-5-7-18(17)14-19)24(22-16-30-34(4-2)25(22)32-23)31-20-10-12-33(13-11-20)27(28)36/h8-9,14,16,20H,3-7,10-13,15H2,1-2H3,(H2,28,36)(H,29,35)(H,31,32). The molecule has 1 aromatic carbocycles. The number of hydrogen-bond donors (Lipinski definition) is 3. The van der Waals surface area contributed by atoms with Gasteiger partial charge in [0.2, 0.25) is 0 Å². The number of benzene rings is 1. The van der Waals surface area contributed by atoms with Crippen LogP contribution in [0.25, 0.3) is 11.0 Å². The van der Waals surface area contributed by atoms with E-state index in [1.165, 1.54) is 11.1 Å². The lowest BCUT2D eigenvalue weighted by molar-refractivity contribution is 0.0950. The highest BCUT2D eigenvalue weighted by atomic mass is 16.2. The summed E-state index contributed by atoms with van der Waals surface area (Å²) >= 11 is 0. The van der Waals surface area contributed by atoms with Crippen LogP contribution in [-0.4, -0.2) is 50.7 Å². The summed E-state index contributed by atoms with van der Waals surface area (Å²) in [5.41, 5.74) is 12.6. The molecule has 2 aliphatic rings. The fourth-order valence-electron chi connectivity index (χ4n) is 5.49. The quantitative estimate of drug-likeness (QED) is 0.470. The van der Waals surface area contributed by atoms with Crippen LogP contribution in [0.1, 0.15) is 65.9 Å². The molecule has 0 radical (unpaired) electrons. The van der Waals surface area contributed by atoms with Crippen LogP contribution in [-0.2, 0) is 32.4 Å². The number of aryl methyl sites for hydroxylation is 4. The molecule has 1 fully saturated rings. The number of aromatic nitrogens is 3. The lowest BCUT2D eigenvalue weighted by Crippen LogP contribution is -2.44. The minimum Gasteiger partial charge on any atom is -0.381 e. The number of hydrogen-bond acceptors (Lipinski definition) is 5. The van der Waals surface area contributed by atoms with E-state index in [1.54, 1.807) is 4.90 Å². The van der Waals surface area contributed by atoms with Gasteiger partial charge in [0.25, 0.3) is 5.91 Å². The van der Waals surface area contributed by atoms with Crippen molar-refractivity contribution in [3.63, 3.8) is 0 Å². The van der Waals surface area contributed by atoms with E-state index in [2.05, 4.69) is 35.6 Å². The van der Waals surface area contributed by atoms with Crippen molar-refractivity contribution in [2.75, 3.05) is 18.4 Å². The highest BCUT2D eigenvalue weighted by Gasteiger charge is 2.25. The summed E-state index contributed by atoms with van der Waals surface area (Å²) in [6.07, 6.45) is 7.50. The van der Waals surface area contributed by atoms with E-state index >= 15 is 0 Å². The van der Waals surface area contributed by atoms with Gasteiger partial charge < -0.3 is 21.3 Å². The average Bonchev–Trinajstić information content (AvgIpc) is 3.54. The first-order valence-electron chi connectivity index (χ1n) is 13.1. The van der Waals surface area contributed by atoms with Gasteiger partial charge in [-0.05, 0) is 68.7 Å².